The van der Waals surface area contributed by atoms with E-state index in [1.54, 1.807) is 19.1 Å². The Kier molecular flexibility index (Phi) is 4.59. The lowest BCUT2D eigenvalue weighted by Gasteiger charge is -2.22. The first-order valence-electron chi connectivity index (χ1n) is 9.90. The molecule has 1 fully saturated rings. The topological polar surface area (TPSA) is 92.6 Å². The van der Waals surface area contributed by atoms with Crippen LogP contribution in [-0.2, 0) is 16.0 Å². The number of nitrogens with zero attached hydrogens (tertiary/aromatic N) is 3. The van der Waals surface area contributed by atoms with E-state index in [0.717, 1.165) is 17.7 Å². The second-order valence-electron chi connectivity index (χ2n) is 7.64. The molecule has 1 saturated heterocycles. The van der Waals surface area contributed by atoms with Crippen molar-refractivity contribution in [1.29, 1.82) is 0 Å². The van der Waals surface area contributed by atoms with E-state index in [0.29, 0.717) is 21.3 Å². The normalized spacial score (nSPS) is 21.9. The van der Waals surface area contributed by atoms with Crippen molar-refractivity contribution < 1.29 is 19.4 Å². The first-order chi connectivity index (χ1) is 14.9. The number of aryl methyl sites for hydroxylation is 1. The molecule has 0 spiro atoms. The quantitative estimate of drug-likeness (QED) is 0.384. The predicted molar refractivity (Wildman–Crippen MR) is 116 cm³/mol. The summed E-state index contributed by atoms with van der Waals surface area (Å²) < 4.78 is 5.73. The molecule has 0 radical (unpaired) electrons. The minimum absolute atomic E-state index is 0.0379. The molecule has 7 nitrogen and oxygen atoms in total. The monoisotopic (exact) mass is 433 g/mol. The van der Waals surface area contributed by atoms with Crippen molar-refractivity contribution in [3.8, 4) is 5.75 Å². The SMILES string of the molecule is Cc1nnc(N2C(=O)C(=O)/C(=C(/O)c3ccc4c(c3)C[C@@H](C)O4)[C@@H]2c2ccccc2)s1. The summed E-state index contributed by atoms with van der Waals surface area (Å²) >= 11 is 1.23. The predicted octanol–water partition coefficient (Wildman–Crippen LogP) is 3.80. The highest BCUT2D eigenvalue weighted by Crippen LogP contribution is 2.43. The molecule has 0 bridgehead atoms. The lowest BCUT2D eigenvalue weighted by molar-refractivity contribution is -0.132. The van der Waals surface area contributed by atoms with Gasteiger partial charge < -0.3 is 9.84 Å². The maximum absolute atomic E-state index is 13.1. The van der Waals surface area contributed by atoms with Gasteiger partial charge in [0.25, 0.3) is 5.78 Å². The van der Waals surface area contributed by atoms with Crippen LogP contribution >= 0.6 is 11.3 Å². The number of aliphatic hydroxyl groups excluding tert-OH is 1. The molecule has 156 valence electrons. The van der Waals surface area contributed by atoms with Crippen molar-refractivity contribution in [1.82, 2.24) is 10.2 Å². The lowest BCUT2D eigenvalue weighted by Crippen LogP contribution is -2.29. The molecular weight excluding hydrogens is 414 g/mol. The zero-order chi connectivity index (χ0) is 21.7. The van der Waals surface area contributed by atoms with Crippen LogP contribution in [-0.4, -0.2) is 33.1 Å². The third-order valence-corrected chi connectivity index (χ3v) is 6.29. The Bertz CT molecular complexity index is 1230. The van der Waals surface area contributed by atoms with Crippen LogP contribution in [0.25, 0.3) is 5.76 Å². The van der Waals surface area contributed by atoms with E-state index in [4.69, 9.17) is 4.74 Å². The Hall–Kier alpha value is -3.52. The highest BCUT2D eigenvalue weighted by Gasteiger charge is 2.48. The number of anilines is 1. The van der Waals surface area contributed by atoms with Crippen LogP contribution in [0.4, 0.5) is 5.13 Å². The summed E-state index contributed by atoms with van der Waals surface area (Å²) in [5.74, 6) is -0.916. The molecule has 3 aromatic rings. The highest BCUT2D eigenvalue weighted by atomic mass is 32.1. The Labute approximate surface area is 182 Å². The molecule has 2 aliphatic heterocycles. The fraction of sp³-hybridized carbons (Fsp3) is 0.217. The van der Waals surface area contributed by atoms with Crippen molar-refractivity contribution in [3.05, 3.63) is 75.8 Å². The largest absolute Gasteiger partial charge is 0.507 e. The summed E-state index contributed by atoms with van der Waals surface area (Å²) in [5, 5.41) is 20.3. The number of ketones is 1. The summed E-state index contributed by atoms with van der Waals surface area (Å²) in [6.45, 7) is 3.76. The smallest absolute Gasteiger partial charge is 0.301 e. The van der Waals surface area contributed by atoms with E-state index < -0.39 is 17.7 Å². The van der Waals surface area contributed by atoms with Gasteiger partial charge in [-0.05, 0) is 43.2 Å². The van der Waals surface area contributed by atoms with Gasteiger partial charge in [-0.2, -0.15) is 0 Å². The van der Waals surface area contributed by atoms with E-state index in [2.05, 4.69) is 10.2 Å². The molecular formula is C23H19N3O4S. The zero-order valence-corrected chi connectivity index (χ0v) is 17.7. The molecule has 5 rings (SSSR count). The second kappa shape index (κ2) is 7.31. The molecule has 31 heavy (non-hydrogen) atoms. The van der Waals surface area contributed by atoms with E-state index in [1.165, 1.54) is 16.2 Å². The summed E-state index contributed by atoms with van der Waals surface area (Å²) in [6, 6.07) is 13.7. The standard InChI is InChI=1S/C23H19N3O4S/c1-12-10-16-11-15(8-9-17(16)30-12)20(27)18-19(14-6-4-3-5-7-14)26(22(29)21(18)28)23-25-24-13(2)31-23/h3-9,11-12,19,27H,10H2,1-2H3/b20-18+/t12-,19+/m1/s1. The Morgan fingerprint density at radius 2 is 1.94 bits per heavy atom. The number of carbonyl (C=O) groups excluding carboxylic acids is 2. The minimum atomic E-state index is -0.794. The number of fused-ring (bicyclic) bond motifs is 1. The van der Waals surface area contributed by atoms with Crippen molar-refractivity contribution in [2.24, 2.45) is 0 Å². The Balaban J connectivity index is 1.68. The van der Waals surface area contributed by atoms with Gasteiger partial charge in [0.1, 0.15) is 22.6 Å². The summed E-state index contributed by atoms with van der Waals surface area (Å²) in [7, 11) is 0. The van der Waals surface area contributed by atoms with Crippen molar-refractivity contribution in [2.45, 2.75) is 32.4 Å². The molecule has 2 aromatic carbocycles. The summed E-state index contributed by atoms with van der Waals surface area (Å²) in [5.41, 5.74) is 2.18. The van der Waals surface area contributed by atoms with Gasteiger partial charge in [0.15, 0.2) is 0 Å². The van der Waals surface area contributed by atoms with Crippen LogP contribution in [0.1, 0.15) is 34.7 Å². The zero-order valence-electron chi connectivity index (χ0n) is 16.9. The Morgan fingerprint density at radius 1 is 1.16 bits per heavy atom. The molecule has 2 aliphatic rings. The van der Waals surface area contributed by atoms with Gasteiger partial charge in [-0.3, -0.25) is 14.5 Å². The number of aliphatic hydroxyl groups is 1. The maximum atomic E-state index is 13.1. The number of hydrogen-bond acceptors (Lipinski definition) is 7. The molecule has 2 atom stereocenters. The summed E-state index contributed by atoms with van der Waals surface area (Å²) in [4.78, 5) is 27.5. The van der Waals surface area contributed by atoms with E-state index >= 15 is 0 Å². The number of Topliss-reactive ketones (excluding diaryl/α,β-unsaturated/α-hetero) is 1. The van der Waals surface area contributed by atoms with Gasteiger partial charge in [0, 0.05) is 12.0 Å². The highest BCUT2D eigenvalue weighted by molar-refractivity contribution is 7.15. The first kappa shape index (κ1) is 19.4. The molecule has 1 aromatic heterocycles. The van der Waals surface area contributed by atoms with Gasteiger partial charge in [-0.1, -0.05) is 41.7 Å². The molecule has 0 unspecified atom stereocenters. The van der Waals surface area contributed by atoms with Gasteiger partial charge in [0.05, 0.1) is 11.6 Å². The third-order valence-electron chi connectivity index (χ3n) is 5.45. The van der Waals surface area contributed by atoms with Gasteiger partial charge in [-0.15, -0.1) is 10.2 Å². The number of benzene rings is 2. The minimum Gasteiger partial charge on any atom is -0.507 e. The van der Waals surface area contributed by atoms with Crippen molar-refractivity contribution in [2.75, 3.05) is 4.90 Å². The number of rotatable bonds is 3. The van der Waals surface area contributed by atoms with Crippen LogP contribution in [0.15, 0.2) is 54.1 Å². The van der Waals surface area contributed by atoms with E-state index in [-0.39, 0.29) is 17.4 Å². The van der Waals surface area contributed by atoms with Crippen molar-refractivity contribution >= 4 is 33.9 Å². The van der Waals surface area contributed by atoms with Crippen LogP contribution in [0.3, 0.4) is 0 Å². The molecule has 1 amide bonds. The third kappa shape index (κ3) is 3.19. The van der Waals surface area contributed by atoms with Crippen LogP contribution in [0.2, 0.25) is 0 Å². The van der Waals surface area contributed by atoms with Crippen molar-refractivity contribution in [3.63, 3.8) is 0 Å². The number of ether oxygens (including phenoxy) is 1. The fourth-order valence-corrected chi connectivity index (χ4v) is 4.80. The maximum Gasteiger partial charge on any atom is 0.301 e. The number of amides is 1. The molecule has 1 N–H and O–H groups in total. The first-order valence-corrected chi connectivity index (χ1v) is 10.7. The van der Waals surface area contributed by atoms with Gasteiger partial charge >= 0.3 is 5.91 Å². The lowest BCUT2D eigenvalue weighted by atomic mass is 9.94. The van der Waals surface area contributed by atoms with E-state index in [1.807, 2.05) is 43.3 Å². The van der Waals surface area contributed by atoms with Crippen LogP contribution in [0.5, 0.6) is 5.75 Å². The van der Waals surface area contributed by atoms with Gasteiger partial charge in [-0.25, -0.2) is 0 Å². The molecule has 0 saturated carbocycles. The van der Waals surface area contributed by atoms with Gasteiger partial charge in [0.2, 0.25) is 5.13 Å². The van der Waals surface area contributed by atoms with Crippen LogP contribution in [0, 0.1) is 6.92 Å². The van der Waals surface area contributed by atoms with E-state index in [9.17, 15) is 14.7 Å². The van der Waals surface area contributed by atoms with Crippen LogP contribution < -0.4 is 9.64 Å². The molecule has 0 aliphatic carbocycles. The molecule has 3 heterocycles. The fourth-order valence-electron chi connectivity index (χ4n) is 4.09. The average molecular weight is 433 g/mol. The average Bonchev–Trinajstić information content (AvgIpc) is 3.43. The molecule has 8 heteroatoms. The number of carbonyl (C=O) groups is 2. The Morgan fingerprint density at radius 3 is 2.65 bits per heavy atom. The number of hydrogen-bond donors (Lipinski definition) is 1. The summed E-state index contributed by atoms with van der Waals surface area (Å²) in [6.07, 6.45) is 0.777. The second-order valence-corrected chi connectivity index (χ2v) is 8.80. The number of aromatic nitrogens is 2.